The van der Waals surface area contributed by atoms with Gasteiger partial charge in [0.15, 0.2) is 0 Å². The van der Waals surface area contributed by atoms with E-state index in [1.807, 2.05) is 36.7 Å². The fraction of sp³-hybridized carbons (Fsp3) is 0.111. The first-order valence-electron chi connectivity index (χ1n) is 7.49. The number of nitro groups is 1. The Labute approximate surface area is 153 Å². The summed E-state index contributed by atoms with van der Waals surface area (Å²) in [4.78, 5) is 21.6. The minimum Gasteiger partial charge on any atom is -0.258 e. The molecule has 0 aliphatic carbocycles. The molecule has 0 fully saturated rings. The van der Waals surface area contributed by atoms with Crippen LogP contribution in [0, 0.1) is 24.0 Å². The van der Waals surface area contributed by atoms with Crippen LogP contribution in [0.2, 0.25) is 0 Å². The Hall–Kier alpha value is -2.64. The molecule has 0 radical (unpaired) electrons. The predicted octanol–water partition coefficient (Wildman–Crippen LogP) is 5.84. The number of aryl methyl sites for hydroxylation is 2. The molecule has 0 unspecified atom stereocenters. The zero-order valence-corrected chi connectivity index (χ0v) is 15.3. The number of hydrogen-bond donors (Lipinski definition) is 0. The summed E-state index contributed by atoms with van der Waals surface area (Å²) in [6.07, 6.45) is 3.40. The molecule has 0 atom stereocenters. The fourth-order valence-corrected chi connectivity index (χ4v) is 3.71. The summed E-state index contributed by atoms with van der Waals surface area (Å²) in [5, 5.41) is 15.3. The van der Waals surface area contributed by atoms with E-state index < -0.39 is 4.92 Å². The van der Waals surface area contributed by atoms with E-state index in [0.717, 1.165) is 20.9 Å². The van der Waals surface area contributed by atoms with E-state index in [4.69, 9.17) is 0 Å². The molecular weight excluding hydrogens is 354 g/mol. The van der Waals surface area contributed by atoms with Crippen LogP contribution in [0.1, 0.15) is 20.9 Å². The van der Waals surface area contributed by atoms with Crippen LogP contribution in [0.15, 0.2) is 51.1 Å². The summed E-state index contributed by atoms with van der Waals surface area (Å²) < 4.78 is 0. The van der Waals surface area contributed by atoms with Crippen LogP contribution in [-0.2, 0) is 0 Å². The average Bonchev–Trinajstić information content (AvgIpc) is 3.19. The molecule has 0 aliphatic heterocycles. The number of rotatable bonds is 5. The summed E-state index contributed by atoms with van der Waals surface area (Å²) >= 11 is 3.14. The molecule has 126 valence electrons. The number of thiophene rings is 2. The van der Waals surface area contributed by atoms with Crippen molar-refractivity contribution in [1.82, 2.24) is 0 Å². The van der Waals surface area contributed by atoms with E-state index in [-0.39, 0.29) is 5.69 Å². The quantitative estimate of drug-likeness (QED) is 0.322. The SMILES string of the molecule is Cc1ccsc1C=Nc1ccc(N=Cc2sccc2C)c([N+](=O)[O-])c1. The van der Waals surface area contributed by atoms with Crippen LogP contribution < -0.4 is 0 Å². The first kappa shape index (κ1) is 17.2. The third-order valence-corrected chi connectivity index (χ3v) is 5.52. The Bertz CT molecular complexity index is 970. The lowest BCUT2D eigenvalue weighted by molar-refractivity contribution is -0.384. The van der Waals surface area contributed by atoms with Crippen LogP contribution in [0.5, 0.6) is 0 Å². The molecule has 3 rings (SSSR count). The van der Waals surface area contributed by atoms with Gasteiger partial charge in [0.2, 0.25) is 0 Å². The summed E-state index contributed by atoms with van der Waals surface area (Å²) in [5.41, 5.74) is 3.04. The smallest absolute Gasteiger partial charge is 0.258 e. The zero-order valence-electron chi connectivity index (χ0n) is 13.7. The number of nitrogens with zero attached hydrogens (tertiary/aromatic N) is 3. The summed E-state index contributed by atoms with van der Waals surface area (Å²) in [5.74, 6) is 0. The number of hydrogen-bond acceptors (Lipinski definition) is 6. The molecule has 7 heteroatoms. The van der Waals surface area contributed by atoms with Crippen molar-refractivity contribution in [1.29, 1.82) is 0 Å². The second-order valence-electron chi connectivity index (χ2n) is 5.38. The highest BCUT2D eigenvalue weighted by Gasteiger charge is 2.14. The normalized spacial score (nSPS) is 11.6. The molecule has 0 bridgehead atoms. The Morgan fingerprint density at radius 2 is 1.56 bits per heavy atom. The third kappa shape index (κ3) is 4.07. The van der Waals surface area contributed by atoms with Gasteiger partial charge < -0.3 is 0 Å². The zero-order chi connectivity index (χ0) is 17.8. The molecule has 0 amide bonds. The van der Waals surface area contributed by atoms with Crippen molar-refractivity contribution in [2.75, 3.05) is 0 Å². The highest BCUT2D eigenvalue weighted by molar-refractivity contribution is 7.12. The Morgan fingerprint density at radius 1 is 0.960 bits per heavy atom. The van der Waals surface area contributed by atoms with Crippen molar-refractivity contribution in [2.24, 2.45) is 9.98 Å². The highest BCUT2D eigenvalue weighted by atomic mass is 32.1. The number of aliphatic imine (C=N–C) groups is 2. The topological polar surface area (TPSA) is 67.9 Å². The molecular formula is C18H15N3O2S2. The van der Waals surface area contributed by atoms with Gasteiger partial charge in [-0.05, 0) is 60.0 Å². The van der Waals surface area contributed by atoms with Crippen LogP contribution in [-0.4, -0.2) is 17.4 Å². The lowest BCUT2D eigenvalue weighted by Crippen LogP contribution is -1.89. The molecule has 0 aliphatic rings. The minimum atomic E-state index is -0.427. The van der Waals surface area contributed by atoms with E-state index in [1.165, 1.54) is 6.07 Å². The van der Waals surface area contributed by atoms with Gasteiger partial charge in [-0.3, -0.25) is 15.1 Å². The van der Waals surface area contributed by atoms with Gasteiger partial charge in [-0.15, -0.1) is 22.7 Å². The summed E-state index contributed by atoms with van der Waals surface area (Å²) in [6.45, 7) is 3.99. The third-order valence-electron chi connectivity index (χ3n) is 3.61. The first-order chi connectivity index (χ1) is 12.0. The summed E-state index contributed by atoms with van der Waals surface area (Å²) in [6, 6.07) is 8.82. The molecule has 2 aromatic heterocycles. The van der Waals surface area contributed by atoms with Crippen molar-refractivity contribution >= 4 is 52.2 Å². The van der Waals surface area contributed by atoms with Gasteiger partial charge in [0, 0.05) is 28.2 Å². The van der Waals surface area contributed by atoms with E-state index in [2.05, 4.69) is 9.98 Å². The monoisotopic (exact) mass is 369 g/mol. The molecule has 25 heavy (non-hydrogen) atoms. The van der Waals surface area contributed by atoms with Gasteiger partial charge >= 0.3 is 0 Å². The molecule has 0 spiro atoms. The Balaban J connectivity index is 1.89. The largest absolute Gasteiger partial charge is 0.296 e. The van der Waals surface area contributed by atoms with Crippen LogP contribution in [0.4, 0.5) is 17.1 Å². The average molecular weight is 369 g/mol. The molecule has 0 saturated heterocycles. The fourth-order valence-electron chi connectivity index (χ4n) is 2.14. The van der Waals surface area contributed by atoms with Crippen LogP contribution in [0.25, 0.3) is 0 Å². The molecule has 0 saturated carbocycles. The summed E-state index contributed by atoms with van der Waals surface area (Å²) in [7, 11) is 0. The molecule has 1 aromatic carbocycles. The van der Waals surface area contributed by atoms with E-state index in [0.29, 0.717) is 11.4 Å². The molecule has 0 N–H and O–H groups in total. The second-order valence-corrected chi connectivity index (χ2v) is 7.28. The van der Waals surface area contributed by atoms with Gasteiger partial charge in [-0.25, -0.2) is 4.99 Å². The van der Waals surface area contributed by atoms with Crippen molar-refractivity contribution in [3.05, 3.63) is 72.1 Å². The maximum Gasteiger partial charge on any atom is 0.296 e. The van der Waals surface area contributed by atoms with Gasteiger partial charge in [0.05, 0.1) is 10.6 Å². The van der Waals surface area contributed by atoms with Gasteiger partial charge in [-0.1, -0.05) is 0 Å². The van der Waals surface area contributed by atoms with Gasteiger partial charge in [0.1, 0.15) is 5.69 Å². The van der Waals surface area contributed by atoms with E-state index in [1.54, 1.807) is 47.2 Å². The van der Waals surface area contributed by atoms with Crippen molar-refractivity contribution in [3.63, 3.8) is 0 Å². The Morgan fingerprint density at radius 3 is 2.08 bits per heavy atom. The molecule has 5 nitrogen and oxygen atoms in total. The molecule has 2 heterocycles. The van der Waals surface area contributed by atoms with E-state index >= 15 is 0 Å². The maximum atomic E-state index is 11.4. The predicted molar refractivity (Wildman–Crippen MR) is 106 cm³/mol. The lowest BCUT2D eigenvalue weighted by Gasteiger charge is -1.99. The highest BCUT2D eigenvalue weighted by Crippen LogP contribution is 2.32. The second kappa shape index (κ2) is 7.50. The standard InChI is InChI=1S/C18H15N3O2S2/c1-12-5-7-24-17(12)10-19-14-3-4-15(16(9-14)21(22)23)20-11-18-13(2)6-8-25-18/h3-11H,1-2H3. The Kier molecular flexibility index (Phi) is 5.16. The van der Waals surface area contributed by atoms with Gasteiger partial charge in [0.25, 0.3) is 5.69 Å². The van der Waals surface area contributed by atoms with E-state index in [9.17, 15) is 10.1 Å². The minimum absolute atomic E-state index is 0.0528. The molecule has 3 aromatic rings. The van der Waals surface area contributed by atoms with Crippen molar-refractivity contribution < 1.29 is 4.92 Å². The van der Waals surface area contributed by atoms with Crippen LogP contribution >= 0.6 is 22.7 Å². The number of benzene rings is 1. The maximum absolute atomic E-state index is 11.4. The van der Waals surface area contributed by atoms with Crippen molar-refractivity contribution in [3.8, 4) is 0 Å². The van der Waals surface area contributed by atoms with Crippen molar-refractivity contribution in [2.45, 2.75) is 13.8 Å². The number of nitro benzene ring substituents is 1. The first-order valence-corrected chi connectivity index (χ1v) is 9.25. The van der Waals surface area contributed by atoms with Gasteiger partial charge in [-0.2, -0.15) is 0 Å². The lowest BCUT2D eigenvalue weighted by atomic mass is 10.2. The van der Waals surface area contributed by atoms with Crippen LogP contribution in [0.3, 0.4) is 0 Å².